The third kappa shape index (κ3) is 5.26. The molecule has 2 aromatic carbocycles. The summed E-state index contributed by atoms with van der Waals surface area (Å²) in [5.41, 5.74) is 2.10. The molecule has 220 valence electrons. The molecule has 0 fully saturated rings. The molecule has 0 bridgehead atoms. The first kappa shape index (κ1) is 28.8. The summed E-state index contributed by atoms with van der Waals surface area (Å²) in [6, 6.07) is 25.1. The van der Waals surface area contributed by atoms with Crippen molar-refractivity contribution in [3.8, 4) is 0 Å². The second kappa shape index (κ2) is 11.8. The molecule has 0 aliphatic carbocycles. The van der Waals surface area contributed by atoms with E-state index in [2.05, 4.69) is 84.2 Å². The van der Waals surface area contributed by atoms with Crippen molar-refractivity contribution in [3.63, 3.8) is 0 Å². The van der Waals surface area contributed by atoms with E-state index in [-0.39, 0.29) is 5.04 Å². The zero-order valence-corrected chi connectivity index (χ0v) is 25.9. The molecule has 2 amide bonds. The van der Waals surface area contributed by atoms with Crippen molar-refractivity contribution in [2.45, 2.75) is 51.6 Å². The number of imide groups is 1. The van der Waals surface area contributed by atoms with Gasteiger partial charge in [0, 0.05) is 36.5 Å². The molecule has 8 heteroatoms. The molecule has 1 N–H and O–H groups in total. The van der Waals surface area contributed by atoms with E-state index in [1.807, 2.05) is 36.5 Å². The first-order chi connectivity index (χ1) is 20.8. The highest BCUT2D eigenvalue weighted by Gasteiger charge is 2.50. The molecule has 0 radical (unpaired) electrons. The Labute approximate surface area is 253 Å². The molecular formula is C35H37N3O4Si. The average molecular weight is 592 g/mol. The standard InChI is InChI=1S/C35H37N3O4Si/c1-35(2,3)43(25-14-6-4-7-15-25,26-16-8-5-9-17-26)42-23-13-21-38-24-28(27-18-12-20-36-32(27)38)30-31(34(40)37-33(30)39)29-19-10-11-22-41-29/h4-9,12,14-20,24H,10-11,13,21-23H2,1-3H3,(H,37,39,40). The zero-order valence-electron chi connectivity index (χ0n) is 24.9. The predicted molar refractivity (Wildman–Crippen MR) is 171 cm³/mol. The summed E-state index contributed by atoms with van der Waals surface area (Å²) in [6.07, 6.45) is 8.04. The molecule has 43 heavy (non-hydrogen) atoms. The van der Waals surface area contributed by atoms with Gasteiger partial charge in [0.2, 0.25) is 0 Å². The lowest BCUT2D eigenvalue weighted by Gasteiger charge is -2.43. The van der Waals surface area contributed by atoms with Crippen LogP contribution in [0.15, 0.2) is 103 Å². The molecule has 2 aliphatic heterocycles. The number of ether oxygens (including phenoxy) is 1. The van der Waals surface area contributed by atoms with E-state index >= 15 is 0 Å². The van der Waals surface area contributed by atoms with Crippen LogP contribution in [-0.4, -0.2) is 42.9 Å². The maximum absolute atomic E-state index is 13.1. The molecular weight excluding hydrogens is 554 g/mol. The van der Waals surface area contributed by atoms with Crippen LogP contribution in [0.4, 0.5) is 0 Å². The smallest absolute Gasteiger partial charge is 0.262 e. The number of aromatic nitrogens is 2. The molecule has 4 aromatic rings. The fraction of sp³-hybridized carbons (Fsp3) is 0.286. The Hall–Kier alpha value is -4.27. The minimum atomic E-state index is -2.65. The summed E-state index contributed by atoms with van der Waals surface area (Å²) in [5, 5.41) is 5.70. The van der Waals surface area contributed by atoms with E-state index in [0.717, 1.165) is 30.3 Å². The van der Waals surface area contributed by atoms with Crippen LogP contribution in [-0.2, 0) is 25.3 Å². The fourth-order valence-corrected chi connectivity index (χ4v) is 11.0. The van der Waals surface area contributed by atoms with Gasteiger partial charge in [0.25, 0.3) is 20.1 Å². The van der Waals surface area contributed by atoms with Crippen molar-refractivity contribution in [1.82, 2.24) is 14.9 Å². The molecule has 0 saturated heterocycles. The number of hydrogen-bond acceptors (Lipinski definition) is 5. The van der Waals surface area contributed by atoms with Gasteiger partial charge >= 0.3 is 0 Å². The average Bonchev–Trinajstić information content (AvgIpc) is 3.53. The Kier molecular flexibility index (Phi) is 7.90. The number of benzene rings is 2. The van der Waals surface area contributed by atoms with Crippen LogP contribution in [0.25, 0.3) is 16.6 Å². The maximum atomic E-state index is 13.1. The van der Waals surface area contributed by atoms with E-state index in [0.29, 0.717) is 42.2 Å². The Bertz CT molecular complexity index is 1680. The van der Waals surface area contributed by atoms with Crippen LogP contribution < -0.4 is 15.7 Å². The highest BCUT2D eigenvalue weighted by Crippen LogP contribution is 2.38. The third-order valence-electron chi connectivity index (χ3n) is 8.30. The van der Waals surface area contributed by atoms with Crippen LogP contribution in [0.3, 0.4) is 0 Å². The van der Waals surface area contributed by atoms with Crippen molar-refractivity contribution >= 4 is 47.1 Å². The number of fused-ring (bicyclic) bond motifs is 1. The van der Waals surface area contributed by atoms with Gasteiger partial charge in [-0.25, -0.2) is 4.98 Å². The lowest BCUT2D eigenvalue weighted by atomic mass is 9.99. The van der Waals surface area contributed by atoms with Gasteiger partial charge in [-0.2, -0.15) is 0 Å². The van der Waals surface area contributed by atoms with Gasteiger partial charge in [0.05, 0.1) is 17.8 Å². The van der Waals surface area contributed by atoms with Gasteiger partial charge in [-0.15, -0.1) is 0 Å². The van der Waals surface area contributed by atoms with Crippen LogP contribution in [0.2, 0.25) is 5.04 Å². The molecule has 7 nitrogen and oxygen atoms in total. The van der Waals surface area contributed by atoms with Gasteiger partial charge in [0.1, 0.15) is 11.4 Å². The topological polar surface area (TPSA) is 82.5 Å². The van der Waals surface area contributed by atoms with Crippen LogP contribution in [0, 0.1) is 0 Å². The first-order valence-corrected chi connectivity index (χ1v) is 16.8. The minimum absolute atomic E-state index is 0.105. The number of nitrogens with one attached hydrogen (secondary N) is 1. The monoisotopic (exact) mass is 591 g/mol. The molecule has 0 unspecified atom stereocenters. The minimum Gasteiger partial charge on any atom is -0.493 e. The number of hydrogen-bond donors (Lipinski definition) is 1. The van der Waals surface area contributed by atoms with E-state index in [1.54, 1.807) is 6.20 Å². The molecule has 0 spiro atoms. The lowest BCUT2D eigenvalue weighted by Crippen LogP contribution is -2.66. The summed E-state index contributed by atoms with van der Waals surface area (Å²) < 4.78 is 15.0. The highest BCUT2D eigenvalue weighted by molar-refractivity contribution is 6.99. The second-order valence-electron chi connectivity index (χ2n) is 12.1. The second-order valence-corrected chi connectivity index (χ2v) is 16.4. The van der Waals surface area contributed by atoms with Gasteiger partial charge in [-0.3, -0.25) is 14.9 Å². The number of pyridine rings is 1. The Morgan fingerprint density at radius 2 is 1.60 bits per heavy atom. The molecule has 0 saturated carbocycles. The van der Waals surface area contributed by atoms with Gasteiger partial charge in [-0.1, -0.05) is 81.4 Å². The normalized spacial score (nSPS) is 15.9. The Morgan fingerprint density at radius 1 is 0.930 bits per heavy atom. The number of amides is 2. The van der Waals surface area contributed by atoms with Crippen LogP contribution >= 0.6 is 0 Å². The number of carbonyl (C=O) groups excluding carboxylic acids is 2. The molecule has 2 aliphatic rings. The number of nitrogens with zero attached hydrogens (tertiary/aromatic N) is 2. The van der Waals surface area contributed by atoms with Crippen molar-refractivity contribution in [2.24, 2.45) is 0 Å². The predicted octanol–water partition coefficient (Wildman–Crippen LogP) is 5.11. The third-order valence-corrected chi connectivity index (χ3v) is 13.3. The molecule has 6 rings (SSSR count). The highest BCUT2D eigenvalue weighted by atomic mass is 28.4. The summed E-state index contributed by atoms with van der Waals surface area (Å²) in [5.74, 6) is -0.349. The van der Waals surface area contributed by atoms with Crippen LogP contribution in [0.1, 0.15) is 45.6 Å². The zero-order chi connectivity index (χ0) is 30.0. The largest absolute Gasteiger partial charge is 0.493 e. The summed E-state index contributed by atoms with van der Waals surface area (Å²) >= 11 is 0. The summed E-state index contributed by atoms with van der Waals surface area (Å²) in [7, 11) is -2.65. The van der Waals surface area contributed by atoms with Gasteiger partial charge in [-0.05, 0) is 52.9 Å². The number of rotatable bonds is 9. The molecule has 0 atom stereocenters. The van der Waals surface area contributed by atoms with Crippen molar-refractivity contribution in [1.29, 1.82) is 0 Å². The molecule has 2 aromatic heterocycles. The lowest BCUT2D eigenvalue weighted by molar-refractivity contribution is -0.123. The SMILES string of the molecule is CC(C)(C)[Si](OCCCn1cc(C2=C(C3=CCCCO3)C(=O)NC2=O)c2cccnc21)(c1ccccc1)c1ccccc1. The number of carbonyl (C=O) groups is 2. The quantitative estimate of drug-likeness (QED) is 0.166. The maximum Gasteiger partial charge on any atom is 0.262 e. The first-order valence-electron chi connectivity index (χ1n) is 14.9. The summed E-state index contributed by atoms with van der Waals surface area (Å²) in [6.45, 7) is 8.56. The van der Waals surface area contributed by atoms with Crippen molar-refractivity contribution in [3.05, 3.63) is 108 Å². The van der Waals surface area contributed by atoms with E-state index in [4.69, 9.17) is 9.16 Å². The van der Waals surface area contributed by atoms with Crippen molar-refractivity contribution < 1.29 is 18.8 Å². The summed E-state index contributed by atoms with van der Waals surface area (Å²) in [4.78, 5) is 30.7. The Balaban J connectivity index is 1.32. The van der Waals surface area contributed by atoms with E-state index < -0.39 is 20.1 Å². The van der Waals surface area contributed by atoms with E-state index in [9.17, 15) is 9.59 Å². The van der Waals surface area contributed by atoms with Gasteiger partial charge in [0.15, 0.2) is 0 Å². The van der Waals surface area contributed by atoms with Crippen molar-refractivity contribution in [2.75, 3.05) is 13.2 Å². The number of aryl methyl sites for hydroxylation is 1. The van der Waals surface area contributed by atoms with Crippen LogP contribution in [0.5, 0.6) is 0 Å². The molecule has 4 heterocycles. The van der Waals surface area contributed by atoms with E-state index in [1.165, 1.54) is 10.4 Å². The fourth-order valence-electron chi connectivity index (χ4n) is 6.39. The van der Waals surface area contributed by atoms with Gasteiger partial charge < -0.3 is 13.7 Å². The number of allylic oxidation sites excluding steroid dienone is 1. The Morgan fingerprint density at radius 3 is 2.23 bits per heavy atom.